The molecule has 0 saturated carbocycles. The van der Waals surface area contributed by atoms with Crippen molar-refractivity contribution in [2.24, 2.45) is 0 Å². The van der Waals surface area contributed by atoms with E-state index < -0.39 is 0 Å². The van der Waals surface area contributed by atoms with Gasteiger partial charge < -0.3 is 4.90 Å². The maximum atomic E-state index is 13.2. The van der Waals surface area contributed by atoms with Crippen molar-refractivity contribution in [3.63, 3.8) is 0 Å². The second-order valence-electron chi connectivity index (χ2n) is 5.43. The lowest BCUT2D eigenvalue weighted by Gasteiger charge is -2.19. The fourth-order valence-electron chi connectivity index (χ4n) is 2.83. The topological polar surface area (TPSA) is 23.6 Å². The predicted molar refractivity (Wildman–Crippen MR) is 106 cm³/mol. The number of benzene rings is 2. The maximum Gasteiger partial charge on any atom is 0.273 e. The Bertz CT molecular complexity index is 911. The lowest BCUT2D eigenvalue weighted by Crippen LogP contribution is -2.28. The Labute approximate surface area is 158 Å². The van der Waals surface area contributed by atoms with Gasteiger partial charge in [-0.15, -0.1) is 0 Å². The molecule has 3 nitrogen and oxygen atoms in total. The van der Waals surface area contributed by atoms with E-state index in [9.17, 15) is 9.18 Å². The summed E-state index contributed by atoms with van der Waals surface area (Å²) in [5.74, 6) is -0.498. The Morgan fingerprint density at radius 3 is 2.52 bits per heavy atom. The number of hydrogen-bond donors (Lipinski definition) is 0. The average Bonchev–Trinajstić information content (AvgIpc) is 3.13. The molecule has 4 rings (SSSR count). The van der Waals surface area contributed by atoms with Crippen LogP contribution in [0.5, 0.6) is 0 Å². The molecule has 2 heterocycles. The number of nitrogens with zero attached hydrogens (tertiary/aromatic N) is 2. The van der Waals surface area contributed by atoms with E-state index in [4.69, 9.17) is 12.2 Å². The van der Waals surface area contributed by atoms with Crippen molar-refractivity contribution in [3.8, 4) is 0 Å². The minimum atomic E-state index is -0.341. The molecule has 0 aliphatic carbocycles. The first-order valence-corrected chi connectivity index (χ1v) is 9.75. The molecule has 126 valence electrons. The highest BCUT2D eigenvalue weighted by Crippen LogP contribution is 2.50. The molecule has 1 fully saturated rings. The monoisotopic (exact) mass is 388 g/mol. The number of halogens is 1. The van der Waals surface area contributed by atoms with Gasteiger partial charge in [0.15, 0.2) is 4.32 Å². The first kappa shape index (κ1) is 16.6. The second-order valence-corrected chi connectivity index (χ2v) is 8.11. The molecular weight excluding hydrogens is 375 g/mol. The molecule has 2 aromatic carbocycles. The second kappa shape index (κ2) is 6.48. The summed E-state index contributed by atoms with van der Waals surface area (Å²) in [4.78, 5) is 18.4. The fraction of sp³-hybridized carbons (Fsp3) is 0.111. The summed E-state index contributed by atoms with van der Waals surface area (Å²) in [6.45, 7) is 2.82. The number of para-hydroxylation sites is 1. The number of thiocarbonyl (C=S) groups is 1. The highest BCUT2D eigenvalue weighted by molar-refractivity contribution is 8.27. The summed E-state index contributed by atoms with van der Waals surface area (Å²) in [5.41, 5.74) is 1.69. The lowest BCUT2D eigenvalue weighted by atomic mass is 10.2. The Morgan fingerprint density at radius 1 is 1.08 bits per heavy atom. The zero-order valence-electron chi connectivity index (χ0n) is 13.2. The van der Waals surface area contributed by atoms with Gasteiger partial charge in [0.2, 0.25) is 0 Å². The van der Waals surface area contributed by atoms with E-state index in [1.807, 2.05) is 12.1 Å². The van der Waals surface area contributed by atoms with Crippen molar-refractivity contribution in [1.29, 1.82) is 0 Å². The number of carbonyl (C=O) groups is 1. The Morgan fingerprint density at radius 2 is 1.80 bits per heavy atom. The van der Waals surface area contributed by atoms with Crippen LogP contribution in [0, 0.1) is 5.82 Å². The molecule has 25 heavy (non-hydrogen) atoms. The standard InChI is InChI=1S/C18H13FN2OS3/c1-2-20-13-5-3-4-6-14(13)24-17(20)15-16(22)21(18(23)25-15)12-9-7-11(19)8-10-12/h3-10H,2H2,1H3. The molecule has 0 radical (unpaired) electrons. The van der Waals surface area contributed by atoms with E-state index >= 15 is 0 Å². The summed E-state index contributed by atoms with van der Waals surface area (Å²) in [5, 5.41) is 0.908. The molecule has 0 N–H and O–H groups in total. The van der Waals surface area contributed by atoms with Crippen LogP contribution in [0.4, 0.5) is 15.8 Å². The van der Waals surface area contributed by atoms with Gasteiger partial charge in [-0.1, -0.05) is 47.9 Å². The summed E-state index contributed by atoms with van der Waals surface area (Å²) in [7, 11) is 0. The van der Waals surface area contributed by atoms with E-state index in [0.717, 1.165) is 22.2 Å². The van der Waals surface area contributed by atoms with Gasteiger partial charge in [-0.05, 0) is 43.3 Å². The van der Waals surface area contributed by atoms with E-state index in [1.54, 1.807) is 23.9 Å². The van der Waals surface area contributed by atoms with Gasteiger partial charge in [-0.3, -0.25) is 9.69 Å². The van der Waals surface area contributed by atoms with Crippen LogP contribution in [0.2, 0.25) is 0 Å². The predicted octanol–water partition coefficient (Wildman–Crippen LogP) is 4.99. The molecule has 1 saturated heterocycles. The zero-order valence-corrected chi connectivity index (χ0v) is 15.7. The van der Waals surface area contributed by atoms with E-state index in [2.05, 4.69) is 24.0 Å². The zero-order chi connectivity index (χ0) is 17.6. The normalized spacial score (nSPS) is 19.8. The van der Waals surface area contributed by atoms with Gasteiger partial charge in [0.25, 0.3) is 5.91 Å². The van der Waals surface area contributed by atoms with Crippen molar-refractivity contribution in [1.82, 2.24) is 0 Å². The van der Waals surface area contributed by atoms with Crippen molar-refractivity contribution in [3.05, 3.63) is 64.3 Å². The SMILES string of the molecule is CCN1C(=C2SC(=S)N(c3ccc(F)cc3)C2=O)Sc2ccccc21. The minimum absolute atomic E-state index is 0.157. The number of fused-ring (bicyclic) bond motifs is 1. The molecule has 1 amide bonds. The quantitative estimate of drug-likeness (QED) is 0.533. The van der Waals surface area contributed by atoms with Gasteiger partial charge in [-0.25, -0.2) is 4.39 Å². The van der Waals surface area contributed by atoms with Crippen LogP contribution >= 0.6 is 35.7 Å². The van der Waals surface area contributed by atoms with E-state index in [0.29, 0.717) is 14.9 Å². The third-order valence-corrected chi connectivity index (χ3v) is 6.65. The highest BCUT2D eigenvalue weighted by atomic mass is 32.2. The van der Waals surface area contributed by atoms with Crippen molar-refractivity contribution in [2.45, 2.75) is 11.8 Å². The third kappa shape index (κ3) is 2.76. The number of carbonyl (C=O) groups excluding carboxylic acids is 1. The molecule has 0 aromatic heterocycles. The number of amides is 1. The van der Waals surface area contributed by atoms with Gasteiger partial charge in [0, 0.05) is 11.4 Å². The van der Waals surface area contributed by atoms with Crippen LogP contribution < -0.4 is 9.80 Å². The summed E-state index contributed by atoms with van der Waals surface area (Å²) < 4.78 is 13.6. The Balaban J connectivity index is 1.75. The molecule has 7 heteroatoms. The maximum absolute atomic E-state index is 13.2. The summed E-state index contributed by atoms with van der Waals surface area (Å²) in [6.07, 6.45) is 0. The summed E-state index contributed by atoms with van der Waals surface area (Å²) in [6, 6.07) is 13.9. The molecule has 0 unspecified atom stereocenters. The van der Waals surface area contributed by atoms with E-state index in [1.165, 1.54) is 28.8 Å². The molecule has 0 bridgehead atoms. The molecule has 0 spiro atoms. The van der Waals surface area contributed by atoms with Crippen LogP contribution in [0.15, 0.2) is 63.4 Å². The van der Waals surface area contributed by atoms with Crippen molar-refractivity contribution < 1.29 is 9.18 Å². The van der Waals surface area contributed by atoms with Crippen LogP contribution in [-0.4, -0.2) is 16.8 Å². The van der Waals surface area contributed by atoms with Crippen LogP contribution in [0.1, 0.15) is 6.92 Å². The fourth-order valence-corrected chi connectivity index (χ4v) is 5.50. The molecule has 2 aliphatic rings. The Hall–Kier alpha value is -1.83. The van der Waals surface area contributed by atoms with Crippen LogP contribution in [0.25, 0.3) is 0 Å². The first-order chi connectivity index (χ1) is 12.1. The van der Waals surface area contributed by atoms with Gasteiger partial charge in [0.1, 0.15) is 15.8 Å². The minimum Gasteiger partial charge on any atom is -0.334 e. The average molecular weight is 389 g/mol. The van der Waals surface area contributed by atoms with Gasteiger partial charge >= 0.3 is 0 Å². The Kier molecular flexibility index (Phi) is 4.31. The van der Waals surface area contributed by atoms with Crippen molar-refractivity contribution >= 4 is 57.3 Å². The first-order valence-electron chi connectivity index (χ1n) is 7.70. The summed E-state index contributed by atoms with van der Waals surface area (Å²) >= 11 is 8.31. The van der Waals surface area contributed by atoms with Crippen LogP contribution in [-0.2, 0) is 4.79 Å². The largest absolute Gasteiger partial charge is 0.334 e. The number of rotatable bonds is 2. The smallest absolute Gasteiger partial charge is 0.273 e. The molecule has 2 aromatic rings. The van der Waals surface area contributed by atoms with E-state index in [-0.39, 0.29) is 11.7 Å². The lowest BCUT2D eigenvalue weighted by molar-refractivity contribution is -0.113. The van der Waals surface area contributed by atoms with Gasteiger partial charge in [0.05, 0.1) is 11.4 Å². The molecular formula is C18H13FN2OS3. The number of anilines is 2. The van der Waals surface area contributed by atoms with Crippen LogP contribution in [0.3, 0.4) is 0 Å². The van der Waals surface area contributed by atoms with Gasteiger partial charge in [-0.2, -0.15) is 0 Å². The number of hydrogen-bond acceptors (Lipinski definition) is 5. The molecule has 0 atom stereocenters. The van der Waals surface area contributed by atoms with Crippen molar-refractivity contribution in [2.75, 3.05) is 16.3 Å². The number of thioether (sulfide) groups is 2. The molecule has 2 aliphatic heterocycles. The third-order valence-electron chi connectivity index (χ3n) is 3.97. The highest BCUT2D eigenvalue weighted by Gasteiger charge is 2.39.